The second-order valence-electron chi connectivity index (χ2n) is 6.91. The Labute approximate surface area is 158 Å². The van der Waals surface area contributed by atoms with E-state index in [1.165, 1.54) is 0 Å². The Bertz CT molecular complexity index is 887. The maximum Gasteiger partial charge on any atom is 0.224 e. The number of fused-ring (bicyclic) bond motifs is 1. The van der Waals surface area contributed by atoms with Gasteiger partial charge in [-0.25, -0.2) is 4.98 Å². The lowest BCUT2D eigenvalue weighted by Gasteiger charge is -2.25. The summed E-state index contributed by atoms with van der Waals surface area (Å²) in [5, 5.41) is 0. The highest BCUT2D eigenvalue weighted by atomic mass is 16.5. The molecule has 6 heteroatoms. The molecule has 4 rings (SSSR count). The normalized spacial score (nSPS) is 16.7. The molecule has 0 N–H and O–H groups in total. The van der Waals surface area contributed by atoms with Gasteiger partial charge in [0.15, 0.2) is 0 Å². The van der Waals surface area contributed by atoms with Gasteiger partial charge in [-0.15, -0.1) is 0 Å². The van der Waals surface area contributed by atoms with Crippen molar-refractivity contribution in [3.8, 4) is 0 Å². The number of aryl methyl sites for hydroxylation is 1. The highest BCUT2D eigenvalue weighted by molar-refractivity contribution is 5.77. The summed E-state index contributed by atoms with van der Waals surface area (Å²) in [6, 6.07) is 13.8. The maximum absolute atomic E-state index is 13.0. The number of carbonyl (C=O) groups excluding carboxylic acids is 1. The van der Waals surface area contributed by atoms with Crippen LogP contribution in [0.5, 0.6) is 0 Å². The molecule has 0 saturated carbocycles. The van der Waals surface area contributed by atoms with Crippen molar-refractivity contribution in [3.63, 3.8) is 0 Å². The van der Waals surface area contributed by atoms with Crippen LogP contribution in [0, 0.1) is 0 Å². The van der Waals surface area contributed by atoms with Crippen molar-refractivity contribution in [1.82, 2.24) is 19.4 Å². The third kappa shape index (κ3) is 4.34. The second kappa shape index (κ2) is 8.31. The molecule has 1 fully saturated rings. The Hall–Kier alpha value is -2.73. The van der Waals surface area contributed by atoms with Gasteiger partial charge in [-0.2, -0.15) is 0 Å². The van der Waals surface area contributed by atoms with Gasteiger partial charge in [-0.05, 0) is 37.1 Å². The number of ether oxygens (including phenoxy) is 1. The van der Waals surface area contributed by atoms with Crippen molar-refractivity contribution in [1.29, 1.82) is 0 Å². The van der Waals surface area contributed by atoms with Crippen LogP contribution in [0.15, 0.2) is 55.0 Å². The van der Waals surface area contributed by atoms with E-state index >= 15 is 0 Å². The van der Waals surface area contributed by atoms with Crippen molar-refractivity contribution in [3.05, 3.63) is 60.7 Å². The zero-order valence-corrected chi connectivity index (χ0v) is 15.3. The van der Waals surface area contributed by atoms with E-state index in [-0.39, 0.29) is 12.0 Å². The van der Waals surface area contributed by atoms with Crippen molar-refractivity contribution in [2.75, 3.05) is 13.2 Å². The lowest BCUT2D eigenvalue weighted by Crippen LogP contribution is -2.37. The van der Waals surface area contributed by atoms with Crippen LogP contribution in [-0.4, -0.2) is 44.6 Å². The van der Waals surface area contributed by atoms with E-state index in [0.717, 1.165) is 36.2 Å². The molecule has 1 atom stereocenters. The molecule has 0 radical (unpaired) electrons. The molecule has 1 amide bonds. The average molecular weight is 364 g/mol. The van der Waals surface area contributed by atoms with Gasteiger partial charge in [0.25, 0.3) is 0 Å². The summed E-state index contributed by atoms with van der Waals surface area (Å²) >= 11 is 0. The summed E-state index contributed by atoms with van der Waals surface area (Å²) in [4.78, 5) is 23.6. The van der Waals surface area contributed by atoms with Crippen LogP contribution >= 0.6 is 0 Å². The summed E-state index contributed by atoms with van der Waals surface area (Å²) in [5.41, 5.74) is 2.91. The molecule has 0 spiro atoms. The van der Waals surface area contributed by atoms with Crippen molar-refractivity contribution < 1.29 is 9.53 Å². The van der Waals surface area contributed by atoms with Crippen LogP contribution in [0.3, 0.4) is 0 Å². The molecule has 27 heavy (non-hydrogen) atoms. The number of aromatic nitrogens is 3. The molecule has 140 valence electrons. The molecular weight excluding hydrogens is 340 g/mol. The first kappa shape index (κ1) is 17.7. The summed E-state index contributed by atoms with van der Waals surface area (Å²) < 4.78 is 7.79. The smallest absolute Gasteiger partial charge is 0.224 e. The number of para-hydroxylation sites is 2. The first-order chi connectivity index (χ1) is 13.3. The largest absolute Gasteiger partial charge is 0.376 e. The third-order valence-electron chi connectivity index (χ3n) is 4.97. The molecule has 1 aliphatic heterocycles. The van der Waals surface area contributed by atoms with Gasteiger partial charge in [0, 0.05) is 32.3 Å². The van der Waals surface area contributed by atoms with Crippen molar-refractivity contribution in [2.45, 2.75) is 38.5 Å². The Morgan fingerprint density at radius 2 is 2.07 bits per heavy atom. The lowest BCUT2D eigenvalue weighted by molar-refractivity contribution is -0.133. The summed E-state index contributed by atoms with van der Waals surface area (Å²) in [7, 11) is 0. The minimum atomic E-state index is 0.119. The van der Waals surface area contributed by atoms with Gasteiger partial charge in [0.1, 0.15) is 0 Å². The zero-order valence-electron chi connectivity index (χ0n) is 15.3. The van der Waals surface area contributed by atoms with Gasteiger partial charge < -0.3 is 14.2 Å². The van der Waals surface area contributed by atoms with E-state index in [0.29, 0.717) is 26.1 Å². The number of pyridine rings is 1. The zero-order chi connectivity index (χ0) is 18.5. The van der Waals surface area contributed by atoms with Gasteiger partial charge in [-0.3, -0.25) is 9.78 Å². The molecule has 0 aliphatic carbocycles. The molecule has 2 aromatic heterocycles. The number of nitrogens with zero attached hydrogens (tertiary/aromatic N) is 4. The quantitative estimate of drug-likeness (QED) is 0.647. The molecule has 0 bridgehead atoms. The fraction of sp³-hybridized carbons (Fsp3) is 0.381. The van der Waals surface area contributed by atoms with Gasteiger partial charge in [0.2, 0.25) is 5.91 Å². The molecule has 6 nitrogen and oxygen atoms in total. The third-order valence-corrected chi connectivity index (χ3v) is 4.97. The number of imidazole rings is 1. The first-order valence-electron chi connectivity index (χ1n) is 9.49. The Kier molecular flexibility index (Phi) is 5.44. The maximum atomic E-state index is 13.0. The highest BCUT2D eigenvalue weighted by Gasteiger charge is 2.23. The molecule has 1 aliphatic rings. The van der Waals surface area contributed by atoms with E-state index < -0.39 is 0 Å². The topological polar surface area (TPSA) is 60.2 Å². The monoisotopic (exact) mass is 364 g/mol. The number of benzene rings is 1. The number of amides is 1. The molecule has 3 heterocycles. The minimum absolute atomic E-state index is 0.119. The standard InChI is InChI=1S/C21H24N4O2/c26-21(10-12-24-16-23-19-8-1-2-9-20(19)24)25(15-18-7-5-13-27-18)14-17-6-3-4-11-22-17/h1-4,6,8-9,11,16,18H,5,7,10,12-15H2/t18-/m0/s1. The van der Waals surface area contributed by atoms with Crippen LogP contribution in [0.2, 0.25) is 0 Å². The first-order valence-corrected chi connectivity index (χ1v) is 9.49. The van der Waals surface area contributed by atoms with Crippen LogP contribution in [0.1, 0.15) is 25.0 Å². The van der Waals surface area contributed by atoms with Gasteiger partial charge >= 0.3 is 0 Å². The summed E-state index contributed by atoms with van der Waals surface area (Å²) in [5.74, 6) is 0.119. The minimum Gasteiger partial charge on any atom is -0.376 e. The molecule has 0 unspecified atom stereocenters. The average Bonchev–Trinajstić information content (AvgIpc) is 3.36. The van der Waals surface area contributed by atoms with E-state index in [4.69, 9.17) is 4.74 Å². The molecule has 1 saturated heterocycles. The fourth-order valence-corrected chi connectivity index (χ4v) is 3.54. The second-order valence-corrected chi connectivity index (χ2v) is 6.91. The number of rotatable bonds is 7. The van der Waals surface area contributed by atoms with Crippen LogP contribution in [0.25, 0.3) is 11.0 Å². The highest BCUT2D eigenvalue weighted by Crippen LogP contribution is 2.17. The number of hydrogen-bond acceptors (Lipinski definition) is 4. The molecular formula is C21H24N4O2. The molecule has 3 aromatic rings. The van der Waals surface area contributed by atoms with Crippen LogP contribution < -0.4 is 0 Å². The van der Waals surface area contributed by atoms with E-state index in [1.54, 1.807) is 12.5 Å². The van der Waals surface area contributed by atoms with Crippen molar-refractivity contribution in [2.24, 2.45) is 0 Å². The van der Waals surface area contributed by atoms with Crippen LogP contribution in [-0.2, 0) is 22.6 Å². The van der Waals surface area contributed by atoms with Gasteiger partial charge in [-0.1, -0.05) is 18.2 Å². The summed E-state index contributed by atoms with van der Waals surface area (Å²) in [6.07, 6.45) is 6.21. The van der Waals surface area contributed by atoms with Gasteiger partial charge in [0.05, 0.1) is 35.7 Å². The van der Waals surface area contributed by atoms with Crippen molar-refractivity contribution >= 4 is 16.9 Å². The fourth-order valence-electron chi connectivity index (χ4n) is 3.54. The SMILES string of the molecule is O=C(CCn1cnc2ccccc21)N(Cc1ccccn1)C[C@@H]1CCCO1. The molecule has 1 aromatic carbocycles. The van der Waals surface area contributed by atoms with E-state index in [2.05, 4.69) is 9.97 Å². The predicted molar refractivity (Wildman–Crippen MR) is 103 cm³/mol. The van der Waals surface area contributed by atoms with Crippen LogP contribution in [0.4, 0.5) is 0 Å². The number of hydrogen-bond donors (Lipinski definition) is 0. The van der Waals surface area contributed by atoms with E-state index in [1.807, 2.05) is 51.9 Å². The van der Waals surface area contributed by atoms with E-state index in [9.17, 15) is 4.79 Å². The Morgan fingerprint density at radius 1 is 1.19 bits per heavy atom. The lowest BCUT2D eigenvalue weighted by atomic mass is 10.2. The number of carbonyl (C=O) groups is 1. The Morgan fingerprint density at radius 3 is 2.89 bits per heavy atom. The predicted octanol–water partition coefficient (Wildman–Crippen LogP) is 3.03. The Balaban J connectivity index is 1.44. The summed E-state index contributed by atoms with van der Waals surface area (Å²) in [6.45, 7) is 2.55.